The molecular weight excluding hydrogens is 254 g/mol. The van der Waals surface area contributed by atoms with Crippen LogP contribution < -0.4 is 20.1 Å². The number of aliphatic imine (C=N–C) groups is 1. The van der Waals surface area contributed by atoms with Gasteiger partial charge in [0.1, 0.15) is 0 Å². The van der Waals surface area contributed by atoms with Gasteiger partial charge >= 0.3 is 0 Å². The predicted octanol–water partition coefficient (Wildman–Crippen LogP) is 1.68. The lowest BCUT2D eigenvalue weighted by molar-refractivity contribution is 0.354. The van der Waals surface area contributed by atoms with Crippen molar-refractivity contribution >= 4 is 5.96 Å². The molecule has 112 valence electrons. The van der Waals surface area contributed by atoms with Crippen molar-refractivity contribution in [1.82, 2.24) is 10.6 Å². The summed E-state index contributed by atoms with van der Waals surface area (Å²) < 4.78 is 10.6. The van der Waals surface area contributed by atoms with Gasteiger partial charge in [-0.05, 0) is 30.0 Å². The van der Waals surface area contributed by atoms with Crippen LogP contribution in [0.15, 0.2) is 23.2 Å². The molecule has 1 unspecified atom stereocenters. The van der Waals surface area contributed by atoms with E-state index in [0.29, 0.717) is 5.92 Å². The van der Waals surface area contributed by atoms with Crippen molar-refractivity contribution in [3.05, 3.63) is 23.8 Å². The first-order valence-corrected chi connectivity index (χ1v) is 6.73. The Balaban J connectivity index is 2.59. The fourth-order valence-electron chi connectivity index (χ4n) is 2.03. The molecule has 0 aromatic heterocycles. The van der Waals surface area contributed by atoms with E-state index in [-0.39, 0.29) is 0 Å². The van der Waals surface area contributed by atoms with E-state index in [9.17, 15) is 0 Å². The van der Waals surface area contributed by atoms with Crippen LogP contribution in [0.5, 0.6) is 11.5 Å². The summed E-state index contributed by atoms with van der Waals surface area (Å²) in [5.74, 6) is 2.83. The molecule has 1 aromatic carbocycles. The number of nitrogens with zero attached hydrogens (tertiary/aromatic N) is 1. The van der Waals surface area contributed by atoms with Gasteiger partial charge < -0.3 is 20.1 Å². The van der Waals surface area contributed by atoms with Crippen molar-refractivity contribution in [2.45, 2.75) is 13.3 Å². The third-order valence-electron chi connectivity index (χ3n) is 3.11. The van der Waals surface area contributed by atoms with E-state index in [2.05, 4.69) is 28.6 Å². The molecule has 0 radical (unpaired) electrons. The highest BCUT2D eigenvalue weighted by Gasteiger charge is 2.08. The molecule has 0 spiro atoms. The van der Waals surface area contributed by atoms with Crippen LogP contribution >= 0.6 is 0 Å². The normalized spacial score (nSPS) is 12.8. The van der Waals surface area contributed by atoms with Gasteiger partial charge in [0.15, 0.2) is 17.5 Å². The lowest BCUT2D eigenvalue weighted by atomic mass is 10.0. The molecule has 0 heterocycles. The summed E-state index contributed by atoms with van der Waals surface area (Å²) in [5.41, 5.74) is 1.23. The molecule has 0 bridgehead atoms. The van der Waals surface area contributed by atoms with Gasteiger partial charge in [0.25, 0.3) is 0 Å². The molecule has 0 saturated heterocycles. The van der Waals surface area contributed by atoms with Gasteiger partial charge in [-0.2, -0.15) is 0 Å². The van der Waals surface area contributed by atoms with Crippen molar-refractivity contribution in [1.29, 1.82) is 0 Å². The number of hydrogen-bond donors (Lipinski definition) is 2. The van der Waals surface area contributed by atoms with E-state index in [1.165, 1.54) is 5.56 Å². The maximum atomic E-state index is 5.32. The largest absolute Gasteiger partial charge is 0.493 e. The number of guanidine groups is 1. The minimum absolute atomic E-state index is 0.484. The van der Waals surface area contributed by atoms with Gasteiger partial charge in [0, 0.05) is 20.6 Å². The van der Waals surface area contributed by atoms with Gasteiger partial charge in [0.2, 0.25) is 0 Å². The minimum atomic E-state index is 0.484. The predicted molar refractivity (Wildman–Crippen MR) is 82.8 cm³/mol. The summed E-state index contributed by atoms with van der Waals surface area (Å²) in [5, 5.41) is 6.28. The maximum absolute atomic E-state index is 5.32. The quantitative estimate of drug-likeness (QED) is 0.614. The Hall–Kier alpha value is -1.91. The molecule has 5 nitrogen and oxygen atoms in total. The molecule has 1 aromatic rings. The van der Waals surface area contributed by atoms with Gasteiger partial charge in [-0.25, -0.2) is 0 Å². The average molecular weight is 279 g/mol. The first kappa shape index (κ1) is 16.1. The smallest absolute Gasteiger partial charge is 0.190 e. The average Bonchev–Trinajstić information content (AvgIpc) is 2.48. The fourth-order valence-corrected chi connectivity index (χ4v) is 2.03. The summed E-state index contributed by atoms with van der Waals surface area (Å²) >= 11 is 0. The molecule has 0 saturated carbocycles. The second-order valence-electron chi connectivity index (χ2n) is 4.70. The zero-order chi connectivity index (χ0) is 15.0. The third-order valence-corrected chi connectivity index (χ3v) is 3.11. The van der Waals surface area contributed by atoms with Crippen molar-refractivity contribution in [2.24, 2.45) is 10.9 Å². The summed E-state index contributed by atoms with van der Waals surface area (Å²) in [7, 11) is 6.92. The van der Waals surface area contributed by atoms with Crippen molar-refractivity contribution < 1.29 is 9.47 Å². The monoisotopic (exact) mass is 279 g/mol. The van der Waals surface area contributed by atoms with E-state index in [1.807, 2.05) is 19.2 Å². The van der Waals surface area contributed by atoms with Crippen LogP contribution in [-0.2, 0) is 6.42 Å². The van der Waals surface area contributed by atoms with E-state index in [0.717, 1.165) is 30.4 Å². The number of methoxy groups -OCH3 is 2. The molecule has 1 atom stereocenters. The van der Waals surface area contributed by atoms with Crippen LogP contribution in [0.4, 0.5) is 0 Å². The number of rotatable bonds is 6. The Morgan fingerprint density at radius 2 is 1.95 bits per heavy atom. The van der Waals surface area contributed by atoms with Gasteiger partial charge in [-0.3, -0.25) is 4.99 Å². The van der Waals surface area contributed by atoms with Gasteiger partial charge in [0.05, 0.1) is 14.2 Å². The SMILES string of the molecule is CN=C(NC)NCC(C)Cc1ccc(OC)c(OC)c1. The lowest BCUT2D eigenvalue weighted by Gasteiger charge is -2.15. The maximum Gasteiger partial charge on any atom is 0.190 e. The standard InChI is InChI=1S/C15H25N3O2/c1-11(10-18-15(16-2)17-3)8-12-6-7-13(19-4)14(9-12)20-5/h6-7,9,11H,8,10H2,1-5H3,(H2,16,17,18). The third kappa shape index (κ3) is 4.64. The van der Waals surface area contributed by atoms with Gasteiger partial charge in [-0.15, -0.1) is 0 Å². The van der Waals surface area contributed by atoms with Crippen LogP contribution in [0.2, 0.25) is 0 Å². The van der Waals surface area contributed by atoms with Crippen molar-refractivity contribution in [2.75, 3.05) is 34.9 Å². The molecule has 0 fully saturated rings. The molecule has 0 aliphatic rings. The molecule has 5 heteroatoms. The van der Waals surface area contributed by atoms with Crippen LogP contribution in [0.1, 0.15) is 12.5 Å². The molecule has 1 rings (SSSR count). The summed E-state index contributed by atoms with van der Waals surface area (Å²) in [6.45, 7) is 3.06. The fraction of sp³-hybridized carbons (Fsp3) is 0.533. The highest BCUT2D eigenvalue weighted by molar-refractivity contribution is 5.79. The zero-order valence-electron chi connectivity index (χ0n) is 13.0. The molecule has 2 N–H and O–H groups in total. The first-order chi connectivity index (χ1) is 9.64. The lowest BCUT2D eigenvalue weighted by Crippen LogP contribution is -2.37. The Morgan fingerprint density at radius 3 is 2.50 bits per heavy atom. The van der Waals surface area contributed by atoms with E-state index in [1.54, 1.807) is 21.3 Å². The van der Waals surface area contributed by atoms with Gasteiger partial charge in [-0.1, -0.05) is 13.0 Å². The topological polar surface area (TPSA) is 54.9 Å². The number of hydrogen-bond acceptors (Lipinski definition) is 3. The van der Waals surface area contributed by atoms with Crippen LogP contribution in [0, 0.1) is 5.92 Å². The van der Waals surface area contributed by atoms with Crippen LogP contribution in [0.3, 0.4) is 0 Å². The number of nitrogens with one attached hydrogen (secondary N) is 2. The Bertz CT molecular complexity index is 447. The highest BCUT2D eigenvalue weighted by atomic mass is 16.5. The molecule has 0 amide bonds. The highest BCUT2D eigenvalue weighted by Crippen LogP contribution is 2.28. The second kappa shape index (κ2) is 8.30. The first-order valence-electron chi connectivity index (χ1n) is 6.73. The Morgan fingerprint density at radius 1 is 1.25 bits per heavy atom. The van der Waals surface area contributed by atoms with E-state index < -0.39 is 0 Å². The Labute approximate surface area is 121 Å². The Kier molecular flexibility index (Phi) is 6.70. The minimum Gasteiger partial charge on any atom is -0.493 e. The second-order valence-corrected chi connectivity index (χ2v) is 4.70. The zero-order valence-corrected chi connectivity index (χ0v) is 13.0. The molecule has 0 aliphatic carbocycles. The molecule has 20 heavy (non-hydrogen) atoms. The van der Waals surface area contributed by atoms with E-state index in [4.69, 9.17) is 9.47 Å². The van der Waals surface area contributed by atoms with Crippen molar-refractivity contribution in [3.63, 3.8) is 0 Å². The summed E-state index contributed by atoms with van der Waals surface area (Å²) in [6, 6.07) is 6.05. The summed E-state index contributed by atoms with van der Waals surface area (Å²) in [4.78, 5) is 4.09. The number of ether oxygens (including phenoxy) is 2. The van der Waals surface area contributed by atoms with Crippen LogP contribution in [-0.4, -0.2) is 40.8 Å². The molecule has 0 aliphatic heterocycles. The van der Waals surface area contributed by atoms with E-state index >= 15 is 0 Å². The van der Waals surface area contributed by atoms with Crippen molar-refractivity contribution in [3.8, 4) is 11.5 Å². The molecular formula is C15H25N3O2. The van der Waals surface area contributed by atoms with Crippen LogP contribution in [0.25, 0.3) is 0 Å². The number of benzene rings is 1. The summed E-state index contributed by atoms with van der Waals surface area (Å²) in [6.07, 6.45) is 0.966.